The van der Waals surface area contributed by atoms with Crippen LogP contribution in [0.25, 0.3) is 0 Å². The van der Waals surface area contributed by atoms with Crippen LogP contribution >= 0.6 is 0 Å². The van der Waals surface area contributed by atoms with Crippen LogP contribution in [0.5, 0.6) is 0 Å². The molecule has 2 aromatic rings. The van der Waals surface area contributed by atoms with Crippen molar-refractivity contribution in [2.45, 2.75) is 57.5 Å². The van der Waals surface area contributed by atoms with Crippen molar-refractivity contribution in [1.82, 2.24) is 14.7 Å². The molecule has 4 rings (SSSR count). The third kappa shape index (κ3) is 4.69. The van der Waals surface area contributed by atoms with E-state index in [1.54, 1.807) is 24.4 Å². The summed E-state index contributed by atoms with van der Waals surface area (Å²) >= 11 is 0. The van der Waals surface area contributed by atoms with Gasteiger partial charge in [-0.05, 0) is 69.2 Å². The highest BCUT2D eigenvalue weighted by Gasteiger charge is 2.40. The van der Waals surface area contributed by atoms with Crippen molar-refractivity contribution in [2.75, 3.05) is 29.4 Å². The molecule has 178 valence electrons. The number of rotatable bonds is 5. The molecule has 4 heterocycles. The van der Waals surface area contributed by atoms with E-state index >= 15 is 0 Å². The number of hydrogen-bond acceptors (Lipinski definition) is 7. The highest BCUT2D eigenvalue weighted by Crippen LogP contribution is 2.38. The quantitative estimate of drug-likeness (QED) is 0.713. The lowest BCUT2D eigenvalue weighted by atomic mass is 9.90. The van der Waals surface area contributed by atoms with Gasteiger partial charge in [0.05, 0.1) is 5.56 Å². The van der Waals surface area contributed by atoms with Gasteiger partial charge in [-0.25, -0.2) is 14.7 Å². The Balaban J connectivity index is 1.58. The van der Waals surface area contributed by atoms with Crippen LogP contribution in [0, 0.1) is 11.8 Å². The maximum atomic E-state index is 13.1. The molecule has 2 aliphatic heterocycles. The second kappa shape index (κ2) is 8.93. The predicted octanol–water partition coefficient (Wildman–Crippen LogP) is 3.46. The Bertz CT molecular complexity index is 1130. The number of anilines is 2. The smallest absolute Gasteiger partial charge is 0.281 e. The molecule has 1 N–H and O–H groups in total. The van der Waals surface area contributed by atoms with Gasteiger partial charge in [0.15, 0.2) is 5.03 Å². The highest BCUT2D eigenvalue weighted by atomic mass is 32.2. The van der Waals surface area contributed by atoms with Crippen LogP contribution in [0.2, 0.25) is 0 Å². The SMILES string of the molecule is CC1CCCN(c2cccc(S(=O)(=O)NC(=O)c3cccnc3N3CCC(C)C3(C)C)n2)C1. The molecule has 8 nitrogen and oxygen atoms in total. The molecule has 33 heavy (non-hydrogen) atoms. The molecular formula is C24H33N5O3S. The maximum absolute atomic E-state index is 13.1. The zero-order valence-electron chi connectivity index (χ0n) is 19.8. The Labute approximate surface area is 196 Å². The summed E-state index contributed by atoms with van der Waals surface area (Å²) in [7, 11) is -4.15. The Morgan fingerprint density at radius 2 is 1.91 bits per heavy atom. The molecule has 0 saturated carbocycles. The number of amides is 1. The normalized spacial score (nSPS) is 22.9. The third-order valence-electron chi connectivity index (χ3n) is 7.17. The Kier molecular flexibility index (Phi) is 6.35. The Morgan fingerprint density at radius 3 is 2.61 bits per heavy atom. The third-order valence-corrected chi connectivity index (χ3v) is 8.40. The number of sulfonamides is 1. The Morgan fingerprint density at radius 1 is 1.12 bits per heavy atom. The second-order valence-electron chi connectivity index (χ2n) is 9.83. The monoisotopic (exact) mass is 471 g/mol. The van der Waals surface area contributed by atoms with Crippen molar-refractivity contribution in [3.05, 3.63) is 42.1 Å². The maximum Gasteiger partial charge on any atom is 0.281 e. The number of piperidine rings is 1. The molecule has 2 aliphatic rings. The van der Waals surface area contributed by atoms with E-state index in [0.29, 0.717) is 23.5 Å². The van der Waals surface area contributed by atoms with Crippen LogP contribution < -0.4 is 14.5 Å². The van der Waals surface area contributed by atoms with E-state index in [0.717, 1.165) is 38.9 Å². The van der Waals surface area contributed by atoms with Crippen LogP contribution in [-0.2, 0) is 10.0 Å². The van der Waals surface area contributed by atoms with Crippen molar-refractivity contribution in [3.63, 3.8) is 0 Å². The van der Waals surface area contributed by atoms with Crippen molar-refractivity contribution in [2.24, 2.45) is 11.8 Å². The summed E-state index contributed by atoms with van der Waals surface area (Å²) in [5, 5.41) is -0.160. The fraction of sp³-hybridized carbons (Fsp3) is 0.542. The molecule has 2 atom stereocenters. The first-order valence-corrected chi connectivity index (χ1v) is 13.1. The van der Waals surface area contributed by atoms with E-state index in [4.69, 9.17) is 0 Å². The van der Waals surface area contributed by atoms with Gasteiger partial charge in [0.25, 0.3) is 15.9 Å². The summed E-state index contributed by atoms with van der Waals surface area (Å²) in [5.41, 5.74) is 0.0493. The minimum Gasteiger partial charge on any atom is -0.356 e. The average Bonchev–Trinajstić information content (AvgIpc) is 3.05. The summed E-state index contributed by atoms with van der Waals surface area (Å²) in [6, 6.07) is 8.17. The van der Waals surface area contributed by atoms with E-state index < -0.39 is 15.9 Å². The molecule has 2 fully saturated rings. The predicted molar refractivity (Wildman–Crippen MR) is 129 cm³/mol. The van der Waals surface area contributed by atoms with Crippen molar-refractivity contribution in [1.29, 1.82) is 0 Å². The van der Waals surface area contributed by atoms with Crippen LogP contribution in [0.4, 0.5) is 11.6 Å². The molecule has 2 unspecified atom stereocenters. The van der Waals surface area contributed by atoms with Gasteiger partial charge in [0, 0.05) is 31.4 Å². The van der Waals surface area contributed by atoms with Crippen molar-refractivity contribution < 1.29 is 13.2 Å². The van der Waals surface area contributed by atoms with Crippen LogP contribution in [0.1, 0.15) is 57.3 Å². The van der Waals surface area contributed by atoms with E-state index in [-0.39, 0.29) is 16.1 Å². The molecule has 0 radical (unpaired) electrons. The number of nitrogens with one attached hydrogen (secondary N) is 1. The average molecular weight is 472 g/mol. The first-order chi connectivity index (χ1) is 15.6. The molecule has 0 aromatic carbocycles. The van der Waals surface area contributed by atoms with Gasteiger partial charge in [-0.1, -0.05) is 19.9 Å². The van der Waals surface area contributed by atoms with Crippen molar-refractivity contribution >= 4 is 27.6 Å². The van der Waals surface area contributed by atoms with Gasteiger partial charge in [-0.15, -0.1) is 0 Å². The van der Waals surface area contributed by atoms with E-state index in [2.05, 4.69) is 52.2 Å². The minimum absolute atomic E-state index is 0.160. The number of aromatic nitrogens is 2. The van der Waals surface area contributed by atoms with Crippen molar-refractivity contribution in [3.8, 4) is 0 Å². The molecule has 2 saturated heterocycles. The summed E-state index contributed by atoms with van der Waals surface area (Å²) < 4.78 is 28.4. The molecular weight excluding hydrogens is 438 g/mol. The zero-order valence-corrected chi connectivity index (χ0v) is 20.6. The zero-order chi connectivity index (χ0) is 23.8. The fourth-order valence-corrected chi connectivity index (χ4v) is 5.68. The highest BCUT2D eigenvalue weighted by molar-refractivity contribution is 7.90. The Hall–Kier alpha value is -2.68. The number of carbonyl (C=O) groups is 1. The number of pyridine rings is 2. The number of carbonyl (C=O) groups excluding carboxylic acids is 1. The summed E-state index contributed by atoms with van der Waals surface area (Å²) in [5.74, 6) is 1.37. The van der Waals surface area contributed by atoms with Crippen LogP contribution in [0.15, 0.2) is 41.6 Å². The first kappa shape index (κ1) is 23.5. The van der Waals surface area contributed by atoms with Gasteiger partial charge in [0.2, 0.25) is 0 Å². The lowest BCUT2D eigenvalue weighted by molar-refractivity contribution is 0.0981. The van der Waals surface area contributed by atoms with Gasteiger partial charge >= 0.3 is 0 Å². The van der Waals surface area contributed by atoms with E-state index in [1.165, 1.54) is 6.07 Å². The standard InChI is InChI=1S/C24H33N5O3S/c1-17-8-7-14-28(16-17)20-10-5-11-21(26-20)33(31,32)27-23(30)19-9-6-13-25-22(19)29-15-12-18(2)24(29,3)4/h5-6,9-11,13,17-18H,7-8,12,14-16H2,1-4H3,(H,27,30). The molecule has 0 spiro atoms. The lowest BCUT2D eigenvalue weighted by Gasteiger charge is -2.36. The largest absolute Gasteiger partial charge is 0.356 e. The van der Waals surface area contributed by atoms with Crippen LogP contribution in [-0.4, -0.2) is 49.5 Å². The summed E-state index contributed by atoms with van der Waals surface area (Å²) in [4.78, 5) is 26.2. The summed E-state index contributed by atoms with van der Waals surface area (Å²) in [6.45, 7) is 11.0. The second-order valence-corrected chi connectivity index (χ2v) is 11.5. The molecule has 0 aliphatic carbocycles. The molecule has 1 amide bonds. The van der Waals surface area contributed by atoms with Gasteiger partial charge < -0.3 is 9.80 Å². The van der Waals surface area contributed by atoms with Gasteiger partial charge in [-0.2, -0.15) is 8.42 Å². The molecule has 2 aromatic heterocycles. The van der Waals surface area contributed by atoms with Gasteiger partial charge in [-0.3, -0.25) is 4.79 Å². The topological polar surface area (TPSA) is 95.5 Å². The number of nitrogens with zero attached hydrogens (tertiary/aromatic N) is 4. The van der Waals surface area contributed by atoms with Crippen LogP contribution in [0.3, 0.4) is 0 Å². The lowest BCUT2D eigenvalue weighted by Crippen LogP contribution is -2.43. The molecule has 0 bridgehead atoms. The molecule has 9 heteroatoms. The first-order valence-electron chi connectivity index (χ1n) is 11.6. The van der Waals surface area contributed by atoms with E-state index in [1.807, 2.05) is 6.07 Å². The van der Waals surface area contributed by atoms with E-state index in [9.17, 15) is 13.2 Å². The number of hydrogen-bond donors (Lipinski definition) is 1. The fourth-order valence-electron chi connectivity index (χ4n) is 4.75. The minimum atomic E-state index is -4.15. The summed E-state index contributed by atoms with van der Waals surface area (Å²) in [6.07, 6.45) is 4.81. The van der Waals surface area contributed by atoms with Gasteiger partial charge in [0.1, 0.15) is 11.6 Å².